The van der Waals surface area contributed by atoms with E-state index >= 15 is 0 Å². The van der Waals surface area contributed by atoms with Crippen molar-refractivity contribution < 1.29 is 22.7 Å². The van der Waals surface area contributed by atoms with Gasteiger partial charge in [-0.15, -0.1) is 0 Å². The number of para-hydroxylation sites is 2. The second-order valence-electron chi connectivity index (χ2n) is 7.56. The largest absolute Gasteiger partial charge is 0.492 e. The molecular weight excluding hydrogens is 381 g/mol. The van der Waals surface area contributed by atoms with Gasteiger partial charge in [0, 0.05) is 17.6 Å². The van der Waals surface area contributed by atoms with E-state index in [2.05, 4.69) is 10.2 Å². The number of hydrogen-bond acceptors (Lipinski definition) is 3. The van der Waals surface area contributed by atoms with Crippen LogP contribution in [0.5, 0.6) is 5.75 Å². The van der Waals surface area contributed by atoms with Gasteiger partial charge in [-0.2, -0.15) is 13.2 Å². The summed E-state index contributed by atoms with van der Waals surface area (Å²) in [5.74, 6) is -0.150. The van der Waals surface area contributed by atoms with Crippen LogP contribution in [0.4, 0.5) is 18.9 Å². The number of carbonyl (C=O) groups is 1. The molecule has 0 spiro atoms. The standard InChI is InChI=1S/C22H25F3N2O2/c1-21(20(28)26-17-7-3-2-4-8-17)11-13-27(14-12-21)15-16-29-19-10-6-5-9-18(19)22(23,24)25/h2-10H,11-16H2,1H3,(H,26,28). The summed E-state index contributed by atoms with van der Waals surface area (Å²) in [6, 6.07) is 14.6. The van der Waals surface area contributed by atoms with Gasteiger partial charge in [0.05, 0.1) is 5.56 Å². The average Bonchev–Trinajstić information content (AvgIpc) is 2.70. The Hall–Kier alpha value is -2.54. The van der Waals surface area contributed by atoms with E-state index in [1.54, 1.807) is 0 Å². The summed E-state index contributed by atoms with van der Waals surface area (Å²) in [5.41, 5.74) is -0.447. The van der Waals surface area contributed by atoms with Crippen molar-refractivity contribution in [2.45, 2.75) is 25.9 Å². The third-order valence-corrected chi connectivity index (χ3v) is 5.40. The highest BCUT2D eigenvalue weighted by molar-refractivity contribution is 5.95. The molecule has 1 aliphatic rings. The van der Waals surface area contributed by atoms with Crippen LogP contribution in [0.25, 0.3) is 0 Å². The number of hydrogen-bond donors (Lipinski definition) is 1. The summed E-state index contributed by atoms with van der Waals surface area (Å²) >= 11 is 0. The smallest absolute Gasteiger partial charge is 0.419 e. The molecule has 1 aliphatic heterocycles. The number of benzene rings is 2. The van der Waals surface area contributed by atoms with E-state index in [0.717, 1.165) is 11.8 Å². The molecule has 29 heavy (non-hydrogen) atoms. The number of piperidine rings is 1. The molecule has 0 aliphatic carbocycles. The van der Waals surface area contributed by atoms with Crippen molar-refractivity contribution in [1.29, 1.82) is 0 Å². The molecule has 1 fully saturated rings. The van der Waals surface area contributed by atoms with Gasteiger partial charge in [0.15, 0.2) is 0 Å². The fourth-order valence-corrected chi connectivity index (χ4v) is 3.41. The molecule has 3 rings (SSSR count). The molecule has 1 heterocycles. The predicted molar refractivity (Wildman–Crippen MR) is 106 cm³/mol. The van der Waals surface area contributed by atoms with E-state index in [4.69, 9.17) is 4.74 Å². The number of ether oxygens (including phenoxy) is 1. The Labute approximate surface area is 168 Å². The summed E-state index contributed by atoms with van der Waals surface area (Å²) in [5, 5.41) is 2.96. The number of carbonyl (C=O) groups excluding carboxylic acids is 1. The Kier molecular flexibility index (Phi) is 6.47. The van der Waals surface area contributed by atoms with Crippen LogP contribution in [-0.2, 0) is 11.0 Å². The van der Waals surface area contributed by atoms with Crippen molar-refractivity contribution in [3.63, 3.8) is 0 Å². The van der Waals surface area contributed by atoms with Crippen molar-refractivity contribution >= 4 is 11.6 Å². The number of anilines is 1. The minimum Gasteiger partial charge on any atom is -0.492 e. The Morgan fingerprint density at radius 1 is 1.07 bits per heavy atom. The number of halogens is 3. The van der Waals surface area contributed by atoms with Gasteiger partial charge in [-0.1, -0.05) is 37.3 Å². The molecule has 7 heteroatoms. The molecule has 2 aromatic rings. The van der Waals surface area contributed by atoms with Crippen LogP contribution in [0.15, 0.2) is 54.6 Å². The van der Waals surface area contributed by atoms with Crippen molar-refractivity contribution in [3.05, 3.63) is 60.2 Å². The molecule has 0 radical (unpaired) electrons. The van der Waals surface area contributed by atoms with Crippen molar-refractivity contribution in [3.8, 4) is 5.75 Å². The molecule has 0 atom stereocenters. The first-order valence-corrected chi connectivity index (χ1v) is 9.66. The third-order valence-electron chi connectivity index (χ3n) is 5.40. The van der Waals surface area contributed by atoms with E-state index < -0.39 is 17.2 Å². The molecular formula is C22H25F3N2O2. The summed E-state index contributed by atoms with van der Waals surface area (Å²) < 4.78 is 44.5. The minimum absolute atomic E-state index is 0.00120. The van der Waals surface area contributed by atoms with E-state index in [1.807, 2.05) is 37.3 Å². The van der Waals surface area contributed by atoms with Crippen LogP contribution in [0.1, 0.15) is 25.3 Å². The van der Waals surface area contributed by atoms with Crippen LogP contribution >= 0.6 is 0 Å². The Balaban J connectivity index is 1.47. The van der Waals surface area contributed by atoms with Gasteiger partial charge in [0.2, 0.25) is 5.91 Å². The highest BCUT2D eigenvalue weighted by Gasteiger charge is 2.37. The minimum atomic E-state index is -4.43. The monoisotopic (exact) mass is 406 g/mol. The van der Waals surface area contributed by atoms with Crippen molar-refractivity contribution in [2.24, 2.45) is 5.41 Å². The lowest BCUT2D eigenvalue weighted by atomic mass is 9.79. The number of nitrogens with zero attached hydrogens (tertiary/aromatic N) is 1. The van der Waals surface area contributed by atoms with E-state index in [1.165, 1.54) is 18.2 Å². The predicted octanol–water partition coefficient (Wildman–Crippen LogP) is 4.83. The van der Waals surface area contributed by atoms with E-state index in [0.29, 0.717) is 32.5 Å². The molecule has 1 amide bonds. The zero-order chi connectivity index (χ0) is 20.9. The summed E-state index contributed by atoms with van der Waals surface area (Å²) in [7, 11) is 0. The molecule has 0 aromatic heterocycles. The maximum atomic E-state index is 13.0. The lowest BCUT2D eigenvalue weighted by Crippen LogP contribution is -2.45. The van der Waals surface area contributed by atoms with Crippen LogP contribution in [-0.4, -0.2) is 37.0 Å². The van der Waals surface area contributed by atoms with Gasteiger partial charge in [-0.25, -0.2) is 0 Å². The quantitative estimate of drug-likeness (QED) is 0.748. The fraction of sp³-hybridized carbons (Fsp3) is 0.409. The summed E-state index contributed by atoms with van der Waals surface area (Å²) in [6.07, 6.45) is -3.06. The Morgan fingerprint density at radius 3 is 2.34 bits per heavy atom. The molecule has 0 bridgehead atoms. The van der Waals surface area contributed by atoms with Crippen LogP contribution in [0.3, 0.4) is 0 Å². The molecule has 1 saturated heterocycles. The highest BCUT2D eigenvalue weighted by atomic mass is 19.4. The first-order valence-electron chi connectivity index (χ1n) is 9.66. The number of likely N-dealkylation sites (tertiary alicyclic amines) is 1. The SMILES string of the molecule is CC1(C(=O)Nc2ccccc2)CCN(CCOc2ccccc2C(F)(F)F)CC1. The van der Waals surface area contributed by atoms with Gasteiger partial charge >= 0.3 is 6.18 Å². The van der Waals surface area contributed by atoms with Crippen LogP contribution < -0.4 is 10.1 Å². The van der Waals surface area contributed by atoms with Crippen molar-refractivity contribution in [1.82, 2.24) is 4.90 Å². The lowest BCUT2D eigenvalue weighted by Gasteiger charge is -2.38. The van der Waals surface area contributed by atoms with Gasteiger partial charge < -0.3 is 10.1 Å². The zero-order valence-electron chi connectivity index (χ0n) is 16.3. The second kappa shape index (κ2) is 8.86. The second-order valence-corrected chi connectivity index (χ2v) is 7.56. The topological polar surface area (TPSA) is 41.6 Å². The van der Waals surface area contributed by atoms with Gasteiger partial charge in [0.25, 0.3) is 0 Å². The van der Waals surface area contributed by atoms with Crippen molar-refractivity contribution in [2.75, 3.05) is 31.6 Å². The zero-order valence-corrected chi connectivity index (χ0v) is 16.3. The summed E-state index contributed by atoms with van der Waals surface area (Å²) in [6.45, 7) is 4.03. The van der Waals surface area contributed by atoms with Gasteiger partial charge in [0.1, 0.15) is 12.4 Å². The molecule has 0 saturated carbocycles. The fourth-order valence-electron chi connectivity index (χ4n) is 3.41. The summed E-state index contributed by atoms with van der Waals surface area (Å²) in [4.78, 5) is 14.8. The molecule has 1 N–H and O–H groups in total. The molecule has 4 nitrogen and oxygen atoms in total. The van der Waals surface area contributed by atoms with Gasteiger partial charge in [-0.3, -0.25) is 9.69 Å². The number of rotatable bonds is 6. The first kappa shape index (κ1) is 21.2. The molecule has 0 unspecified atom stereocenters. The molecule has 2 aromatic carbocycles. The van der Waals surface area contributed by atoms with E-state index in [-0.39, 0.29) is 18.3 Å². The maximum Gasteiger partial charge on any atom is 0.419 e. The Morgan fingerprint density at radius 2 is 1.69 bits per heavy atom. The van der Waals surface area contributed by atoms with Crippen LogP contribution in [0, 0.1) is 5.41 Å². The lowest BCUT2D eigenvalue weighted by molar-refractivity contribution is -0.139. The number of alkyl halides is 3. The maximum absolute atomic E-state index is 13.0. The van der Waals surface area contributed by atoms with Gasteiger partial charge in [-0.05, 0) is 50.2 Å². The first-order chi connectivity index (χ1) is 13.8. The highest BCUT2D eigenvalue weighted by Crippen LogP contribution is 2.36. The normalized spacial score (nSPS) is 17.0. The van der Waals surface area contributed by atoms with E-state index in [9.17, 15) is 18.0 Å². The number of nitrogens with one attached hydrogen (secondary N) is 1. The number of amides is 1. The molecule has 156 valence electrons. The van der Waals surface area contributed by atoms with Crippen LogP contribution in [0.2, 0.25) is 0 Å². The average molecular weight is 406 g/mol. The Bertz CT molecular complexity index is 816. The third kappa shape index (κ3) is 5.50.